The number of para-hydroxylation sites is 1. The fourth-order valence-corrected chi connectivity index (χ4v) is 1.47. The summed E-state index contributed by atoms with van der Waals surface area (Å²) in [6.07, 6.45) is 3.96. The van der Waals surface area contributed by atoms with Crippen molar-refractivity contribution in [3.63, 3.8) is 0 Å². The first-order chi connectivity index (χ1) is 9.58. The number of hydrogen-bond donors (Lipinski definition) is 3. The highest BCUT2D eigenvalue weighted by Crippen LogP contribution is 2.20. The minimum absolute atomic E-state index is 0.290. The van der Waals surface area contributed by atoms with Crippen molar-refractivity contribution < 1.29 is 19.1 Å². The minimum Gasteiger partial charge on any atom is -0.478 e. The maximum atomic E-state index is 13.6. The second-order valence-electron chi connectivity index (χ2n) is 3.67. The van der Waals surface area contributed by atoms with Crippen molar-refractivity contribution in [1.29, 1.82) is 0 Å². The summed E-state index contributed by atoms with van der Waals surface area (Å²) in [7, 11) is 0. The van der Waals surface area contributed by atoms with Crippen LogP contribution in [-0.2, 0) is 0 Å². The number of aromatic nitrogens is 2. The number of rotatable bonds is 3. The first-order valence-corrected chi connectivity index (χ1v) is 5.43. The number of nitrogens with one attached hydrogen (secondary N) is 2. The van der Waals surface area contributed by atoms with E-state index >= 15 is 0 Å². The highest BCUT2D eigenvalue weighted by molar-refractivity contribution is 6.04. The standard InChI is InChI=1S/C12H9FN4O3/c13-9-3-1-2-8(11(18)19)10(9)17-12(20)16-7-4-14-6-15-5-7/h1-6H,(H,18,19)(H2,16,17,20). The monoisotopic (exact) mass is 276 g/mol. The summed E-state index contributed by atoms with van der Waals surface area (Å²) in [5, 5.41) is 13.4. The summed E-state index contributed by atoms with van der Waals surface area (Å²) in [6, 6.07) is 2.68. The summed E-state index contributed by atoms with van der Waals surface area (Å²) in [5.74, 6) is -2.19. The first kappa shape index (κ1) is 13.4. The van der Waals surface area contributed by atoms with Crippen LogP contribution in [0.3, 0.4) is 0 Å². The molecule has 3 N–H and O–H groups in total. The lowest BCUT2D eigenvalue weighted by molar-refractivity contribution is 0.0697. The number of nitrogens with zero attached hydrogens (tertiary/aromatic N) is 2. The molecular weight excluding hydrogens is 267 g/mol. The number of carboxylic acids is 1. The molecule has 0 aliphatic carbocycles. The van der Waals surface area contributed by atoms with E-state index in [9.17, 15) is 14.0 Å². The lowest BCUT2D eigenvalue weighted by atomic mass is 10.1. The smallest absolute Gasteiger partial charge is 0.337 e. The van der Waals surface area contributed by atoms with Gasteiger partial charge in [-0.15, -0.1) is 0 Å². The number of carbonyl (C=O) groups is 2. The third-order valence-corrected chi connectivity index (χ3v) is 2.30. The van der Waals surface area contributed by atoms with E-state index < -0.39 is 23.5 Å². The van der Waals surface area contributed by atoms with Crippen molar-refractivity contribution in [2.75, 3.05) is 10.6 Å². The van der Waals surface area contributed by atoms with Gasteiger partial charge in [-0.25, -0.2) is 23.9 Å². The SMILES string of the molecule is O=C(Nc1cncnc1)Nc1c(F)cccc1C(=O)O. The number of urea groups is 1. The number of amides is 2. The van der Waals surface area contributed by atoms with Gasteiger partial charge in [0.15, 0.2) is 0 Å². The van der Waals surface area contributed by atoms with Crippen LogP contribution in [0.5, 0.6) is 0 Å². The number of carboxylic acid groups (broad SMARTS) is 1. The van der Waals surface area contributed by atoms with Crippen LogP contribution < -0.4 is 10.6 Å². The molecule has 0 radical (unpaired) electrons. The maximum Gasteiger partial charge on any atom is 0.337 e. The number of hydrogen-bond acceptors (Lipinski definition) is 4. The molecule has 2 aromatic rings. The van der Waals surface area contributed by atoms with E-state index in [1.165, 1.54) is 30.9 Å². The molecule has 7 nitrogen and oxygen atoms in total. The lowest BCUT2D eigenvalue weighted by Crippen LogP contribution is -2.22. The molecule has 0 atom stereocenters. The van der Waals surface area contributed by atoms with Crippen LogP contribution in [0.15, 0.2) is 36.9 Å². The Bertz CT molecular complexity index is 648. The van der Waals surface area contributed by atoms with Crippen molar-refractivity contribution in [1.82, 2.24) is 9.97 Å². The van der Waals surface area contributed by atoms with E-state index in [1.54, 1.807) is 0 Å². The molecule has 0 spiro atoms. The van der Waals surface area contributed by atoms with Crippen molar-refractivity contribution in [2.24, 2.45) is 0 Å². The predicted molar refractivity (Wildman–Crippen MR) is 68.0 cm³/mol. The number of halogens is 1. The Morgan fingerprint density at radius 3 is 2.50 bits per heavy atom. The van der Waals surface area contributed by atoms with Gasteiger partial charge in [-0.3, -0.25) is 0 Å². The Hall–Kier alpha value is -3.03. The molecule has 0 aliphatic rings. The van der Waals surface area contributed by atoms with Gasteiger partial charge < -0.3 is 15.7 Å². The largest absolute Gasteiger partial charge is 0.478 e. The molecule has 1 aromatic heterocycles. The van der Waals surface area contributed by atoms with Gasteiger partial charge >= 0.3 is 12.0 Å². The van der Waals surface area contributed by atoms with Crippen LogP contribution in [0, 0.1) is 5.82 Å². The normalized spacial score (nSPS) is 9.85. The molecule has 2 amide bonds. The Morgan fingerprint density at radius 1 is 1.15 bits per heavy atom. The van der Waals surface area contributed by atoms with Crippen LogP contribution in [0.4, 0.5) is 20.6 Å². The van der Waals surface area contributed by atoms with Crippen LogP contribution >= 0.6 is 0 Å². The van der Waals surface area contributed by atoms with Crippen LogP contribution in [0.25, 0.3) is 0 Å². The minimum atomic E-state index is -1.34. The molecule has 0 fully saturated rings. The van der Waals surface area contributed by atoms with Gasteiger partial charge in [0.2, 0.25) is 0 Å². The van der Waals surface area contributed by atoms with E-state index in [4.69, 9.17) is 5.11 Å². The molecule has 2 rings (SSSR count). The Balaban J connectivity index is 2.18. The first-order valence-electron chi connectivity index (χ1n) is 5.43. The summed E-state index contributed by atoms with van der Waals surface area (Å²) < 4.78 is 13.6. The molecule has 1 aromatic carbocycles. The Kier molecular flexibility index (Phi) is 3.85. The third-order valence-electron chi connectivity index (χ3n) is 2.30. The van der Waals surface area contributed by atoms with Gasteiger partial charge in [-0.2, -0.15) is 0 Å². The highest BCUT2D eigenvalue weighted by Gasteiger charge is 2.16. The zero-order valence-corrected chi connectivity index (χ0v) is 10.0. The number of aromatic carboxylic acids is 1. The topological polar surface area (TPSA) is 104 Å². The van der Waals surface area contributed by atoms with Gasteiger partial charge in [0.25, 0.3) is 0 Å². The van der Waals surface area contributed by atoms with Crippen LogP contribution in [-0.4, -0.2) is 27.1 Å². The summed E-state index contributed by atoms with van der Waals surface area (Å²) in [4.78, 5) is 30.0. The number of anilines is 2. The van der Waals surface area contributed by atoms with Crippen molar-refractivity contribution in [2.45, 2.75) is 0 Å². The summed E-state index contributed by atoms with van der Waals surface area (Å²) >= 11 is 0. The van der Waals surface area contributed by atoms with Gasteiger partial charge in [0, 0.05) is 0 Å². The molecule has 0 saturated heterocycles. The molecule has 0 aliphatic heterocycles. The average Bonchev–Trinajstić information content (AvgIpc) is 2.42. The number of carbonyl (C=O) groups excluding carboxylic acids is 1. The van der Waals surface area contributed by atoms with Crippen LogP contribution in [0.2, 0.25) is 0 Å². The van der Waals surface area contributed by atoms with E-state index in [-0.39, 0.29) is 5.56 Å². The molecule has 20 heavy (non-hydrogen) atoms. The third kappa shape index (κ3) is 3.05. The summed E-state index contributed by atoms with van der Waals surface area (Å²) in [6.45, 7) is 0. The fraction of sp³-hybridized carbons (Fsp3) is 0. The van der Waals surface area contributed by atoms with Crippen molar-refractivity contribution in [3.05, 3.63) is 48.3 Å². The molecule has 102 valence electrons. The van der Waals surface area contributed by atoms with Gasteiger partial charge in [0.05, 0.1) is 29.3 Å². The second-order valence-corrected chi connectivity index (χ2v) is 3.67. The summed E-state index contributed by atoms with van der Waals surface area (Å²) in [5.41, 5.74) is -0.461. The zero-order valence-electron chi connectivity index (χ0n) is 10.0. The van der Waals surface area contributed by atoms with Crippen molar-refractivity contribution in [3.8, 4) is 0 Å². The molecule has 0 bridgehead atoms. The Morgan fingerprint density at radius 2 is 1.85 bits per heavy atom. The zero-order chi connectivity index (χ0) is 14.5. The van der Waals surface area contributed by atoms with Gasteiger partial charge in [0.1, 0.15) is 12.1 Å². The Labute approximate surface area is 112 Å². The fourth-order valence-electron chi connectivity index (χ4n) is 1.47. The van der Waals surface area contributed by atoms with Crippen molar-refractivity contribution >= 4 is 23.4 Å². The lowest BCUT2D eigenvalue weighted by Gasteiger charge is -2.10. The predicted octanol–water partition coefficient (Wildman–Crippen LogP) is 1.96. The highest BCUT2D eigenvalue weighted by atomic mass is 19.1. The maximum absolute atomic E-state index is 13.6. The van der Waals surface area contributed by atoms with Crippen LogP contribution in [0.1, 0.15) is 10.4 Å². The average molecular weight is 276 g/mol. The second kappa shape index (κ2) is 5.74. The van der Waals surface area contributed by atoms with Gasteiger partial charge in [-0.05, 0) is 12.1 Å². The van der Waals surface area contributed by atoms with Gasteiger partial charge in [-0.1, -0.05) is 6.07 Å². The number of benzene rings is 1. The molecular formula is C12H9FN4O3. The van der Waals surface area contributed by atoms with E-state index in [0.29, 0.717) is 5.69 Å². The molecule has 8 heteroatoms. The molecule has 0 unspecified atom stereocenters. The van der Waals surface area contributed by atoms with E-state index in [0.717, 1.165) is 6.07 Å². The van der Waals surface area contributed by atoms with E-state index in [2.05, 4.69) is 20.6 Å². The molecule has 0 saturated carbocycles. The van der Waals surface area contributed by atoms with E-state index in [1.807, 2.05) is 0 Å². The molecule has 1 heterocycles. The quantitative estimate of drug-likeness (QED) is 0.794.